The summed E-state index contributed by atoms with van der Waals surface area (Å²) in [4.78, 5) is 6.70. The lowest BCUT2D eigenvalue weighted by Crippen LogP contribution is -2.67. The zero-order valence-corrected chi connectivity index (χ0v) is 18.1. The monoisotopic (exact) mass is 446 g/mol. The first-order valence-electron chi connectivity index (χ1n) is 9.83. The van der Waals surface area contributed by atoms with E-state index >= 15 is 0 Å². The quantitative estimate of drug-likeness (QED) is 0.648. The minimum atomic E-state index is -3.77. The molecule has 0 atom stereocenters. The molecule has 1 saturated heterocycles. The fourth-order valence-electron chi connectivity index (χ4n) is 4.90. The SMILES string of the molecule is Cc1cc(Cl)n2ncnc(N3CC4(CC(N(Cc5ccccc5)S(N)(=O)=O)C4)C3)c12. The van der Waals surface area contributed by atoms with Gasteiger partial charge in [-0.05, 0) is 37.0 Å². The van der Waals surface area contributed by atoms with Crippen molar-refractivity contribution in [3.05, 3.63) is 59.0 Å². The number of rotatable bonds is 5. The van der Waals surface area contributed by atoms with Crippen molar-refractivity contribution in [1.82, 2.24) is 18.9 Å². The van der Waals surface area contributed by atoms with Gasteiger partial charge in [0.1, 0.15) is 17.0 Å². The van der Waals surface area contributed by atoms with Crippen LogP contribution in [0.1, 0.15) is 24.0 Å². The Kier molecular flexibility index (Phi) is 4.55. The van der Waals surface area contributed by atoms with Gasteiger partial charge in [0.05, 0.1) is 0 Å². The zero-order valence-electron chi connectivity index (χ0n) is 16.6. The van der Waals surface area contributed by atoms with E-state index < -0.39 is 10.2 Å². The van der Waals surface area contributed by atoms with Gasteiger partial charge in [0.2, 0.25) is 0 Å². The minimum absolute atomic E-state index is 0.0720. The Morgan fingerprint density at radius 2 is 1.97 bits per heavy atom. The fraction of sp³-hybridized carbons (Fsp3) is 0.400. The van der Waals surface area contributed by atoms with Crippen LogP contribution in [-0.2, 0) is 16.8 Å². The number of benzene rings is 1. The van der Waals surface area contributed by atoms with Crippen LogP contribution in [0.3, 0.4) is 0 Å². The molecule has 158 valence electrons. The van der Waals surface area contributed by atoms with E-state index in [9.17, 15) is 8.42 Å². The maximum Gasteiger partial charge on any atom is 0.277 e. The predicted molar refractivity (Wildman–Crippen MR) is 115 cm³/mol. The standard InChI is InChI=1S/C20H23ClN6O2S/c1-14-7-17(21)27-18(14)19(23-13-24-27)25-11-20(12-25)8-16(9-20)26(30(22,28)29)10-15-5-3-2-4-6-15/h2-7,13,16H,8-12H2,1H3,(H2,22,28,29). The number of hydrogen-bond donors (Lipinski definition) is 1. The second-order valence-corrected chi connectivity index (χ2v) is 10.4. The van der Waals surface area contributed by atoms with Crippen molar-refractivity contribution in [2.24, 2.45) is 10.6 Å². The summed E-state index contributed by atoms with van der Waals surface area (Å²) in [6.07, 6.45) is 3.12. The zero-order chi connectivity index (χ0) is 21.1. The summed E-state index contributed by atoms with van der Waals surface area (Å²) in [5.74, 6) is 0.871. The molecule has 2 N–H and O–H groups in total. The van der Waals surface area contributed by atoms with Crippen molar-refractivity contribution < 1.29 is 8.42 Å². The van der Waals surface area contributed by atoms with Crippen LogP contribution in [0.4, 0.5) is 5.82 Å². The topological polar surface area (TPSA) is 96.8 Å². The van der Waals surface area contributed by atoms with Gasteiger partial charge in [-0.3, -0.25) is 0 Å². The third-order valence-electron chi connectivity index (χ3n) is 6.29. The molecule has 5 rings (SSSR count). The van der Waals surface area contributed by atoms with E-state index in [-0.39, 0.29) is 11.5 Å². The molecule has 3 heterocycles. The third kappa shape index (κ3) is 3.26. The van der Waals surface area contributed by atoms with Gasteiger partial charge >= 0.3 is 0 Å². The first kappa shape index (κ1) is 19.7. The highest BCUT2D eigenvalue weighted by atomic mass is 35.5. The maximum absolute atomic E-state index is 12.2. The van der Waals surface area contributed by atoms with Crippen molar-refractivity contribution >= 4 is 33.1 Å². The lowest BCUT2D eigenvalue weighted by atomic mass is 9.60. The Morgan fingerprint density at radius 3 is 2.63 bits per heavy atom. The van der Waals surface area contributed by atoms with Gasteiger partial charge in [-0.1, -0.05) is 41.9 Å². The van der Waals surface area contributed by atoms with Gasteiger partial charge in [0, 0.05) is 31.1 Å². The second-order valence-electron chi connectivity index (χ2n) is 8.49. The molecule has 0 unspecified atom stereocenters. The van der Waals surface area contributed by atoms with E-state index in [2.05, 4.69) is 15.0 Å². The second kappa shape index (κ2) is 6.91. The van der Waals surface area contributed by atoms with Crippen molar-refractivity contribution in [1.29, 1.82) is 0 Å². The number of fused-ring (bicyclic) bond motifs is 1. The molecule has 1 saturated carbocycles. The van der Waals surface area contributed by atoms with Gasteiger partial charge in [0.15, 0.2) is 5.82 Å². The predicted octanol–water partition coefficient (Wildman–Crippen LogP) is 2.37. The molecule has 0 radical (unpaired) electrons. The number of aryl methyl sites for hydroxylation is 1. The molecule has 1 aliphatic carbocycles. The van der Waals surface area contributed by atoms with Gasteiger partial charge < -0.3 is 4.90 Å². The van der Waals surface area contributed by atoms with Crippen LogP contribution in [-0.4, -0.2) is 46.5 Å². The van der Waals surface area contributed by atoms with Crippen LogP contribution >= 0.6 is 11.6 Å². The van der Waals surface area contributed by atoms with Crippen LogP contribution in [0.2, 0.25) is 5.15 Å². The fourth-order valence-corrected chi connectivity index (χ4v) is 6.08. The van der Waals surface area contributed by atoms with Gasteiger partial charge in [0.25, 0.3) is 10.2 Å². The average Bonchev–Trinajstić information content (AvgIpc) is 2.93. The molecule has 1 spiro atoms. The van der Waals surface area contributed by atoms with E-state index in [1.54, 1.807) is 4.52 Å². The molecule has 0 bridgehead atoms. The Labute approximate surface area is 180 Å². The molecule has 0 amide bonds. The summed E-state index contributed by atoms with van der Waals surface area (Å²) in [7, 11) is -3.77. The Bertz CT molecular complexity index is 1200. The molecule has 1 aromatic carbocycles. The normalized spacial score (nSPS) is 18.7. The summed E-state index contributed by atoms with van der Waals surface area (Å²) in [5.41, 5.74) is 3.00. The first-order valence-corrected chi connectivity index (χ1v) is 11.7. The Morgan fingerprint density at radius 1 is 1.27 bits per heavy atom. The van der Waals surface area contributed by atoms with E-state index in [0.717, 1.165) is 48.4 Å². The summed E-state index contributed by atoms with van der Waals surface area (Å²) in [6.45, 7) is 3.97. The number of nitrogens with zero attached hydrogens (tertiary/aromatic N) is 5. The molecule has 2 fully saturated rings. The molecule has 10 heteroatoms. The molecule has 30 heavy (non-hydrogen) atoms. The van der Waals surface area contributed by atoms with Crippen LogP contribution in [0.25, 0.3) is 5.52 Å². The largest absolute Gasteiger partial charge is 0.354 e. The lowest BCUT2D eigenvalue weighted by Gasteiger charge is -2.60. The van der Waals surface area contributed by atoms with E-state index in [0.29, 0.717) is 11.7 Å². The molecule has 8 nitrogen and oxygen atoms in total. The summed E-state index contributed by atoms with van der Waals surface area (Å²) >= 11 is 6.25. The Hall–Kier alpha value is -2.20. The molecule has 2 aliphatic rings. The maximum atomic E-state index is 12.2. The number of halogens is 1. The van der Waals surface area contributed by atoms with E-state index in [1.165, 1.54) is 10.6 Å². The van der Waals surface area contributed by atoms with Crippen LogP contribution < -0.4 is 10.0 Å². The summed E-state index contributed by atoms with van der Waals surface area (Å²) in [6, 6.07) is 11.4. The third-order valence-corrected chi connectivity index (χ3v) is 7.64. The molecule has 1 aliphatic heterocycles. The van der Waals surface area contributed by atoms with Crippen LogP contribution in [0.5, 0.6) is 0 Å². The van der Waals surface area contributed by atoms with Crippen molar-refractivity contribution in [2.75, 3.05) is 18.0 Å². The number of anilines is 1. The van der Waals surface area contributed by atoms with E-state index in [1.807, 2.05) is 43.3 Å². The van der Waals surface area contributed by atoms with E-state index in [4.69, 9.17) is 16.7 Å². The van der Waals surface area contributed by atoms with Gasteiger partial charge in [-0.15, -0.1) is 0 Å². The molecule has 2 aromatic heterocycles. The highest BCUT2D eigenvalue weighted by Gasteiger charge is 2.55. The van der Waals surface area contributed by atoms with Gasteiger partial charge in [-0.25, -0.2) is 14.6 Å². The summed E-state index contributed by atoms with van der Waals surface area (Å²) < 4.78 is 27.6. The minimum Gasteiger partial charge on any atom is -0.354 e. The number of hydrogen-bond acceptors (Lipinski definition) is 5. The Balaban J connectivity index is 1.30. The lowest BCUT2D eigenvalue weighted by molar-refractivity contribution is 0.0110. The number of aromatic nitrogens is 3. The smallest absolute Gasteiger partial charge is 0.277 e. The highest BCUT2D eigenvalue weighted by Crippen LogP contribution is 2.52. The molecule has 3 aromatic rings. The van der Waals surface area contributed by atoms with Gasteiger partial charge in [-0.2, -0.15) is 17.8 Å². The van der Waals surface area contributed by atoms with Crippen LogP contribution in [0, 0.1) is 12.3 Å². The van der Waals surface area contributed by atoms with Crippen molar-refractivity contribution in [3.63, 3.8) is 0 Å². The molecular formula is C20H23ClN6O2S. The highest BCUT2D eigenvalue weighted by molar-refractivity contribution is 7.86. The van der Waals surface area contributed by atoms with Crippen LogP contribution in [0.15, 0.2) is 42.7 Å². The number of nitrogens with two attached hydrogens (primary N) is 1. The van der Waals surface area contributed by atoms with Crippen molar-refractivity contribution in [2.45, 2.75) is 32.4 Å². The summed E-state index contributed by atoms with van der Waals surface area (Å²) in [5, 5.41) is 10.3. The molecular weight excluding hydrogens is 424 g/mol. The van der Waals surface area contributed by atoms with Crippen molar-refractivity contribution in [3.8, 4) is 0 Å². The first-order chi connectivity index (χ1) is 14.3. The average molecular weight is 447 g/mol.